The predicted molar refractivity (Wildman–Crippen MR) is 67.5 cm³/mol. The number of nitrogens with zero attached hydrogens (tertiary/aromatic N) is 2. The number of nitrogens with one attached hydrogen (secondary N) is 1. The minimum absolute atomic E-state index is 0.0325. The highest BCUT2D eigenvalue weighted by atomic mass is 32.2. The summed E-state index contributed by atoms with van der Waals surface area (Å²) in [6.07, 6.45) is 1.35. The third-order valence-corrected chi connectivity index (χ3v) is 4.57. The molecule has 1 heterocycles. The molecule has 0 saturated carbocycles. The molecule has 0 unspecified atom stereocenters. The van der Waals surface area contributed by atoms with Crippen LogP contribution in [0.25, 0.3) is 0 Å². The zero-order valence-electron chi connectivity index (χ0n) is 10.6. The van der Waals surface area contributed by atoms with Gasteiger partial charge in [0.05, 0.1) is 30.7 Å². The lowest BCUT2D eigenvalue weighted by Gasteiger charge is -2.19. The van der Waals surface area contributed by atoms with Crippen LogP contribution < -0.4 is 5.32 Å². The Bertz CT molecular complexity index is 427. The Morgan fingerprint density at radius 3 is 2.78 bits per heavy atom. The topological polar surface area (TPSA) is 90.3 Å². The van der Waals surface area contributed by atoms with E-state index in [2.05, 4.69) is 5.32 Å². The Kier molecular flexibility index (Phi) is 5.56. The van der Waals surface area contributed by atoms with Crippen molar-refractivity contribution in [1.82, 2.24) is 10.2 Å². The molecular formula is C11H19N3O3S. The van der Waals surface area contributed by atoms with Gasteiger partial charge in [-0.1, -0.05) is 6.92 Å². The summed E-state index contributed by atoms with van der Waals surface area (Å²) in [7, 11) is -2.97. The van der Waals surface area contributed by atoms with E-state index < -0.39 is 9.84 Å². The highest BCUT2D eigenvalue weighted by molar-refractivity contribution is 7.91. The second-order valence-electron chi connectivity index (χ2n) is 4.54. The first-order valence-corrected chi connectivity index (χ1v) is 7.88. The monoisotopic (exact) mass is 273 g/mol. The minimum Gasteiger partial charge on any atom is -0.351 e. The van der Waals surface area contributed by atoms with E-state index in [4.69, 9.17) is 5.26 Å². The van der Waals surface area contributed by atoms with E-state index >= 15 is 0 Å². The van der Waals surface area contributed by atoms with Crippen molar-refractivity contribution in [2.75, 3.05) is 31.1 Å². The van der Waals surface area contributed by atoms with Gasteiger partial charge >= 0.3 is 0 Å². The number of hydrogen-bond donors (Lipinski definition) is 1. The minimum atomic E-state index is -2.97. The number of hydrogen-bond acceptors (Lipinski definition) is 5. The molecule has 1 saturated heterocycles. The zero-order chi connectivity index (χ0) is 13.6. The lowest BCUT2D eigenvalue weighted by Crippen LogP contribution is -2.43. The molecule has 7 heteroatoms. The van der Waals surface area contributed by atoms with Crippen molar-refractivity contribution in [3.63, 3.8) is 0 Å². The molecule has 0 aliphatic carbocycles. The Morgan fingerprint density at radius 2 is 2.28 bits per heavy atom. The van der Waals surface area contributed by atoms with E-state index in [0.717, 1.165) is 6.42 Å². The first kappa shape index (κ1) is 14.9. The van der Waals surface area contributed by atoms with Gasteiger partial charge in [-0.05, 0) is 19.4 Å². The molecular weight excluding hydrogens is 254 g/mol. The van der Waals surface area contributed by atoms with Gasteiger partial charge < -0.3 is 5.32 Å². The molecule has 1 fully saturated rings. The summed E-state index contributed by atoms with van der Waals surface area (Å²) in [5.74, 6) is -0.0274. The van der Waals surface area contributed by atoms with E-state index in [1.54, 1.807) is 4.90 Å². The fourth-order valence-electron chi connectivity index (χ4n) is 2.02. The first-order valence-electron chi connectivity index (χ1n) is 6.06. The summed E-state index contributed by atoms with van der Waals surface area (Å²) >= 11 is 0. The van der Waals surface area contributed by atoms with Gasteiger partial charge in [-0.25, -0.2) is 8.42 Å². The van der Waals surface area contributed by atoms with Crippen LogP contribution in [0, 0.1) is 11.3 Å². The second kappa shape index (κ2) is 6.71. The van der Waals surface area contributed by atoms with Gasteiger partial charge in [0.1, 0.15) is 0 Å². The number of rotatable bonds is 6. The second-order valence-corrected chi connectivity index (χ2v) is 6.76. The molecule has 102 valence electrons. The summed E-state index contributed by atoms with van der Waals surface area (Å²) in [6, 6.07) is 1.74. The van der Waals surface area contributed by atoms with Crippen molar-refractivity contribution in [2.45, 2.75) is 25.8 Å². The maximum Gasteiger partial charge on any atom is 0.234 e. The number of amides is 1. The van der Waals surface area contributed by atoms with Crippen LogP contribution >= 0.6 is 0 Å². The number of carbonyl (C=O) groups is 1. The maximum atomic E-state index is 11.7. The Hall–Kier alpha value is -1.13. The SMILES string of the molecule is CCCN(CC#N)CC(=O)N[C@H]1CCS(=O)(=O)C1. The molecule has 0 aromatic carbocycles. The van der Waals surface area contributed by atoms with E-state index in [1.807, 2.05) is 13.0 Å². The predicted octanol–water partition coefficient (Wildman–Crippen LogP) is -0.475. The van der Waals surface area contributed by atoms with E-state index in [0.29, 0.717) is 13.0 Å². The van der Waals surface area contributed by atoms with Crippen LogP contribution in [0.4, 0.5) is 0 Å². The molecule has 1 aliphatic rings. The third-order valence-electron chi connectivity index (χ3n) is 2.80. The average molecular weight is 273 g/mol. The lowest BCUT2D eigenvalue weighted by molar-refractivity contribution is -0.122. The van der Waals surface area contributed by atoms with Crippen molar-refractivity contribution in [3.8, 4) is 6.07 Å². The molecule has 18 heavy (non-hydrogen) atoms. The normalized spacial score (nSPS) is 21.7. The van der Waals surface area contributed by atoms with Crippen LogP contribution in [0.5, 0.6) is 0 Å². The molecule has 0 aromatic rings. The fourth-order valence-corrected chi connectivity index (χ4v) is 3.69. The van der Waals surface area contributed by atoms with Crippen LogP contribution in [0.3, 0.4) is 0 Å². The largest absolute Gasteiger partial charge is 0.351 e. The molecule has 1 aliphatic heterocycles. The lowest BCUT2D eigenvalue weighted by atomic mass is 10.2. The van der Waals surface area contributed by atoms with Gasteiger partial charge in [0.15, 0.2) is 9.84 Å². The van der Waals surface area contributed by atoms with E-state index in [-0.39, 0.29) is 36.5 Å². The van der Waals surface area contributed by atoms with Crippen LogP contribution in [-0.2, 0) is 14.6 Å². The quantitative estimate of drug-likeness (QED) is 0.660. The van der Waals surface area contributed by atoms with Gasteiger partial charge in [0.25, 0.3) is 0 Å². The number of carbonyl (C=O) groups excluding carboxylic acids is 1. The van der Waals surface area contributed by atoms with E-state index in [9.17, 15) is 13.2 Å². The Balaban J connectivity index is 2.39. The zero-order valence-corrected chi connectivity index (χ0v) is 11.4. The molecule has 1 atom stereocenters. The van der Waals surface area contributed by atoms with Gasteiger partial charge in [-0.15, -0.1) is 0 Å². The average Bonchev–Trinajstić information content (AvgIpc) is 2.58. The van der Waals surface area contributed by atoms with Crippen molar-refractivity contribution in [3.05, 3.63) is 0 Å². The smallest absolute Gasteiger partial charge is 0.234 e. The first-order chi connectivity index (χ1) is 8.46. The number of nitriles is 1. The van der Waals surface area contributed by atoms with E-state index in [1.165, 1.54) is 0 Å². The highest BCUT2D eigenvalue weighted by Crippen LogP contribution is 2.11. The van der Waals surface area contributed by atoms with Crippen LogP contribution in [0.15, 0.2) is 0 Å². The number of sulfone groups is 1. The van der Waals surface area contributed by atoms with Crippen molar-refractivity contribution in [2.24, 2.45) is 0 Å². The van der Waals surface area contributed by atoms with Gasteiger partial charge in [-0.2, -0.15) is 5.26 Å². The van der Waals surface area contributed by atoms with Gasteiger partial charge in [-0.3, -0.25) is 9.69 Å². The standard InChI is InChI=1S/C11H19N3O3S/c1-2-5-14(6-4-12)8-11(15)13-10-3-7-18(16,17)9-10/h10H,2-3,5-9H2,1H3,(H,13,15)/t10-/m0/s1. The molecule has 6 nitrogen and oxygen atoms in total. The fraction of sp³-hybridized carbons (Fsp3) is 0.818. The van der Waals surface area contributed by atoms with Gasteiger partial charge in [0.2, 0.25) is 5.91 Å². The summed E-state index contributed by atoms with van der Waals surface area (Å²) in [5, 5.41) is 11.3. The molecule has 0 radical (unpaired) electrons. The van der Waals surface area contributed by atoms with Crippen LogP contribution in [0.2, 0.25) is 0 Å². The van der Waals surface area contributed by atoms with Gasteiger partial charge in [0, 0.05) is 6.04 Å². The van der Waals surface area contributed by atoms with Crippen molar-refractivity contribution in [1.29, 1.82) is 5.26 Å². The molecule has 0 bridgehead atoms. The maximum absolute atomic E-state index is 11.7. The summed E-state index contributed by atoms with van der Waals surface area (Å²) in [5.41, 5.74) is 0. The molecule has 1 N–H and O–H groups in total. The Labute approximate surface area is 108 Å². The van der Waals surface area contributed by atoms with Crippen molar-refractivity contribution >= 4 is 15.7 Å². The van der Waals surface area contributed by atoms with Crippen LogP contribution in [-0.4, -0.2) is 56.4 Å². The van der Waals surface area contributed by atoms with Crippen LogP contribution in [0.1, 0.15) is 19.8 Å². The molecule has 1 amide bonds. The summed E-state index contributed by atoms with van der Waals surface area (Å²) in [4.78, 5) is 13.5. The molecule has 0 spiro atoms. The highest BCUT2D eigenvalue weighted by Gasteiger charge is 2.29. The van der Waals surface area contributed by atoms with Crippen molar-refractivity contribution < 1.29 is 13.2 Å². The molecule has 1 rings (SSSR count). The summed E-state index contributed by atoms with van der Waals surface area (Å²) < 4.78 is 22.5. The third kappa shape index (κ3) is 5.02. The molecule has 0 aromatic heterocycles. The summed E-state index contributed by atoms with van der Waals surface area (Å²) in [6.45, 7) is 3.03. The Morgan fingerprint density at radius 1 is 1.56 bits per heavy atom.